The first kappa shape index (κ1) is 11.4. The Morgan fingerprint density at radius 3 is 2.47 bits per heavy atom. The Hall–Kier alpha value is -0.0800. The minimum atomic E-state index is 0.427. The van der Waals surface area contributed by atoms with Crippen molar-refractivity contribution in [2.75, 3.05) is 13.1 Å². The van der Waals surface area contributed by atoms with Crippen molar-refractivity contribution >= 4 is 0 Å². The van der Waals surface area contributed by atoms with Gasteiger partial charge in [-0.1, -0.05) is 20.3 Å². The van der Waals surface area contributed by atoms with Gasteiger partial charge in [0.25, 0.3) is 0 Å². The van der Waals surface area contributed by atoms with Crippen molar-refractivity contribution in [2.24, 2.45) is 11.1 Å². The zero-order valence-electron chi connectivity index (χ0n) is 10.3. The van der Waals surface area contributed by atoms with E-state index in [0.29, 0.717) is 17.5 Å². The van der Waals surface area contributed by atoms with Crippen LogP contribution in [0.1, 0.15) is 52.4 Å². The van der Waals surface area contributed by atoms with Crippen LogP contribution in [0.3, 0.4) is 0 Å². The molecule has 1 saturated heterocycles. The highest BCUT2D eigenvalue weighted by Gasteiger charge is 2.36. The van der Waals surface area contributed by atoms with E-state index in [1.54, 1.807) is 0 Å². The Balaban J connectivity index is 1.98. The molecule has 2 heteroatoms. The molecule has 2 aliphatic rings. The summed E-state index contributed by atoms with van der Waals surface area (Å²) in [4.78, 5) is 2.66. The Morgan fingerprint density at radius 1 is 1.13 bits per heavy atom. The number of hydrogen-bond donors (Lipinski definition) is 1. The predicted octanol–water partition coefficient (Wildman–Crippen LogP) is 2.38. The van der Waals surface area contributed by atoms with Crippen LogP contribution in [-0.2, 0) is 0 Å². The second kappa shape index (κ2) is 4.42. The maximum absolute atomic E-state index is 6.29. The summed E-state index contributed by atoms with van der Waals surface area (Å²) in [6.45, 7) is 7.37. The van der Waals surface area contributed by atoms with Crippen molar-refractivity contribution in [1.29, 1.82) is 0 Å². The number of piperidine rings is 1. The highest BCUT2D eigenvalue weighted by Crippen LogP contribution is 2.37. The van der Waals surface area contributed by atoms with E-state index in [-0.39, 0.29) is 0 Å². The largest absolute Gasteiger partial charge is 0.326 e. The first-order chi connectivity index (χ1) is 7.08. The molecule has 1 heterocycles. The van der Waals surface area contributed by atoms with Crippen LogP contribution in [0.2, 0.25) is 0 Å². The van der Waals surface area contributed by atoms with E-state index in [0.717, 1.165) is 0 Å². The van der Waals surface area contributed by atoms with Crippen molar-refractivity contribution in [3.8, 4) is 0 Å². The molecular formula is C13H26N2. The van der Waals surface area contributed by atoms with Gasteiger partial charge in [-0.3, -0.25) is 4.90 Å². The van der Waals surface area contributed by atoms with E-state index in [9.17, 15) is 0 Å². The molecule has 2 unspecified atom stereocenters. The Morgan fingerprint density at radius 2 is 1.80 bits per heavy atom. The monoisotopic (exact) mass is 210 g/mol. The molecule has 1 saturated carbocycles. The van der Waals surface area contributed by atoms with E-state index >= 15 is 0 Å². The SMILES string of the molecule is CC1(C)CCC(N)C(N2CCCCC2)C1. The summed E-state index contributed by atoms with van der Waals surface area (Å²) in [5, 5.41) is 0. The lowest BCUT2D eigenvalue weighted by molar-refractivity contribution is 0.0642. The molecular weight excluding hydrogens is 184 g/mol. The topological polar surface area (TPSA) is 29.3 Å². The highest BCUT2D eigenvalue weighted by molar-refractivity contribution is 4.93. The van der Waals surface area contributed by atoms with E-state index in [1.165, 1.54) is 51.6 Å². The van der Waals surface area contributed by atoms with Gasteiger partial charge in [-0.25, -0.2) is 0 Å². The summed E-state index contributed by atoms with van der Waals surface area (Å²) in [5.41, 5.74) is 6.80. The van der Waals surface area contributed by atoms with Gasteiger partial charge in [0.2, 0.25) is 0 Å². The molecule has 2 fully saturated rings. The summed E-state index contributed by atoms with van der Waals surface area (Å²) < 4.78 is 0. The fraction of sp³-hybridized carbons (Fsp3) is 1.00. The molecule has 0 radical (unpaired) electrons. The van der Waals surface area contributed by atoms with Crippen molar-refractivity contribution < 1.29 is 0 Å². The van der Waals surface area contributed by atoms with Crippen molar-refractivity contribution in [3.05, 3.63) is 0 Å². The fourth-order valence-corrected chi connectivity index (χ4v) is 3.22. The van der Waals surface area contributed by atoms with Crippen LogP contribution in [0, 0.1) is 5.41 Å². The van der Waals surface area contributed by atoms with Gasteiger partial charge in [0.1, 0.15) is 0 Å². The van der Waals surface area contributed by atoms with Crippen LogP contribution >= 0.6 is 0 Å². The van der Waals surface area contributed by atoms with Gasteiger partial charge in [-0.2, -0.15) is 0 Å². The molecule has 0 aromatic heterocycles. The quantitative estimate of drug-likeness (QED) is 0.720. The standard InChI is InChI=1S/C13H26N2/c1-13(2)7-6-11(14)12(10-13)15-8-4-3-5-9-15/h11-12H,3-10,14H2,1-2H3. The van der Waals surface area contributed by atoms with E-state index in [4.69, 9.17) is 5.73 Å². The Labute approximate surface area is 94.2 Å². The lowest BCUT2D eigenvalue weighted by Gasteiger charge is -2.46. The van der Waals surface area contributed by atoms with Crippen molar-refractivity contribution in [1.82, 2.24) is 4.90 Å². The van der Waals surface area contributed by atoms with Crippen LogP contribution in [0.25, 0.3) is 0 Å². The van der Waals surface area contributed by atoms with Gasteiger partial charge >= 0.3 is 0 Å². The predicted molar refractivity (Wildman–Crippen MR) is 64.8 cm³/mol. The summed E-state index contributed by atoms with van der Waals surface area (Å²) in [6, 6.07) is 1.09. The second-order valence-electron chi connectivity index (χ2n) is 6.23. The Bertz CT molecular complexity index is 207. The van der Waals surface area contributed by atoms with Crippen molar-refractivity contribution in [3.63, 3.8) is 0 Å². The zero-order chi connectivity index (χ0) is 10.9. The first-order valence-electron chi connectivity index (χ1n) is 6.58. The van der Waals surface area contributed by atoms with Crippen LogP contribution in [-0.4, -0.2) is 30.1 Å². The zero-order valence-corrected chi connectivity index (χ0v) is 10.3. The lowest BCUT2D eigenvalue weighted by atomic mass is 9.72. The maximum atomic E-state index is 6.29. The number of rotatable bonds is 1. The number of likely N-dealkylation sites (tertiary alicyclic amines) is 1. The maximum Gasteiger partial charge on any atom is 0.0252 e. The molecule has 2 N–H and O–H groups in total. The molecule has 0 spiro atoms. The normalized spacial score (nSPS) is 37.8. The van der Waals surface area contributed by atoms with Crippen LogP contribution in [0.5, 0.6) is 0 Å². The summed E-state index contributed by atoms with van der Waals surface area (Å²) in [5.74, 6) is 0. The van der Waals surface area contributed by atoms with E-state index in [1.807, 2.05) is 0 Å². The molecule has 0 amide bonds. The van der Waals surface area contributed by atoms with Gasteiger partial charge in [0, 0.05) is 12.1 Å². The number of nitrogens with two attached hydrogens (primary N) is 1. The minimum absolute atomic E-state index is 0.427. The molecule has 1 aliphatic carbocycles. The van der Waals surface area contributed by atoms with Gasteiger partial charge in [0.15, 0.2) is 0 Å². The third-order valence-electron chi connectivity index (χ3n) is 4.27. The number of hydrogen-bond acceptors (Lipinski definition) is 2. The first-order valence-corrected chi connectivity index (χ1v) is 6.58. The van der Waals surface area contributed by atoms with Crippen LogP contribution in [0.4, 0.5) is 0 Å². The molecule has 15 heavy (non-hydrogen) atoms. The number of nitrogens with zero attached hydrogens (tertiary/aromatic N) is 1. The molecule has 88 valence electrons. The highest BCUT2D eigenvalue weighted by atomic mass is 15.2. The van der Waals surface area contributed by atoms with E-state index < -0.39 is 0 Å². The van der Waals surface area contributed by atoms with Crippen LogP contribution in [0.15, 0.2) is 0 Å². The Kier molecular flexibility index (Phi) is 3.36. The average molecular weight is 210 g/mol. The van der Waals surface area contributed by atoms with Gasteiger partial charge in [-0.15, -0.1) is 0 Å². The molecule has 2 atom stereocenters. The lowest BCUT2D eigenvalue weighted by Crippen LogP contribution is -2.54. The molecule has 2 nitrogen and oxygen atoms in total. The molecule has 2 rings (SSSR count). The van der Waals surface area contributed by atoms with E-state index in [2.05, 4.69) is 18.7 Å². The molecule has 1 aliphatic heterocycles. The molecule has 0 aromatic carbocycles. The summed E-state index contributed by atoms with van der Waals surface area (Å²) in [6.07, 6.45) is 8.00. The third kappa shape index (κ3) is 2.73. The summed E-state index contributed by atoms with van der Waals surface area (Å²) >= 11 is 0. The van der Waals surface area contributed by atoms with Crippen LogP contribution < -0.4 is 5.73 Å². The van der Waals surface area contributed by atoms with Gasteiger partial charge < -0.3 is 5.73 Å². The summed E-state index contributed by atoms with van der Waals surface area (Å²) in [7, 11) is 0. The van der Waals surface area contributed by atoms with Gasteiger partial charge in [-0.05, 0) is 50.6 Å². The minimum Gasteiger partial charge on any atom is -0.326 e. The molecule has 0 aromatic rings. The smallest absolute Gasteiger partial charge is 0.0252 e. The second-order valence-corrected chi connectivity index (χ2v) is 6.23. The van der Waals surface area contributed by atoms with Gasteiger partial charge in [0.05, 0.1) is 0 Å². The third-order valence-corrected chi connectivity index (χ3v) is 4.27. The van der Waals surface area contributed by atoms with Crippen molar-refractivity contribution in [2.45, 2.75) is 64.5 Å². The fourth-order valence-electron chi connectivity index (χ4n) is 3.22. The molecule has 0 bridgehead atoms. The average Bonchev–Trinajstić information content (AvgIpc) is 2.23.